The average Bonchev–Trinajstić information content (AvgIpc) is 2.97. The molecule has 0 saturated heterocycles. The molecule has 2 aromatic heterocycles. The van der Waals surface area contributed by atoms with Crippen LogP contribution in [0.5, 0.6) is 0 Å². The van der Waals surface area contributed by atoms with Crippen LogP contribution in [0, 0.1) is 0 Å². The molecule has 1 amide bonds. The summed E-state index contributed by atoms with van der Waals surface area (Å²) in [5.74, 6) is -0.352. The quantitative estimate of drug-likeness (QED) is 0.665. The molecule has 0 aliphatic rings. The Labute approximate surface area is 144 Å². The van der Waals surface area contributed by atoms with Crippen molar-refractivity contribution in [2.75, 3.05) is 6.54 Å². The zero-order valence-corrected chi connectivity index (χ0v) is 14.0. The highest BCUT2D eigenvalue weighted by molar-refractivity contribution is 6.31. The summed E-state index contributed by atoms with van der Waals surface area (Å²) in [7, 11) is 0. The third kappa shape index (κ3) is 3.36. The number of nitrogens with one attached hydrogen (secondary N) is 3. The molecule has 3 aromatic rings. The molecule has 0 aliphatic heterocycles. The minimum Gasteiger partial charge on any atom is -0.361 e. The van der Waals surface area contributed by atoms with Crippen molar-refractivity contribution in [2.24, 2.45) is 0 Å². The highest BCUT2D eigenvalue weighted by Crippen LogP contribution is 2.22. The summed E-state index contributed by atoms with van der Waals surface area (Å²) in [5, 5.41) is 4.57. The van der Waals surface area contributed by atoms with Gasteiger partial charge in [-0.2, -0.15) is 0 Å². The molecule has 24 heavy (non-hydrogen) atoms. The van der Waals surface area contributed by atoms with Crippen molar-refractivity contribution in [3.8, 4) is 0 Å². The van der Waals surface area contributed by atoms with Crippen LogP contribution in [0.25, 0.3) is 10.9 Å². The van der Waals surface area contributed by atoms with E-state index in [0.29, 0.717) is 18.0 Å². The van der Waals surface area contributed by atoms with E-state index >= 15 is 0 Å². The number of aryl methyl sites for hydroxylation is 1. The van der Waals surface area contributed by atoms with Gasteiger partial charge in [0.25, 0.3) is 11.5 Å². The molecule has 0 atom stereocenters. The highest BCUT2D eigenvalue weighted by Gasteiger charge is 2.11. The molecule has 0 bridgehead atoms. The van der Waals surface area contributed by atoms with Gasteiger partial charge >= 0.3 is 0 Å². The van der Waals surface area contributed by atoms with Crippen LogP contribution in [0.3, 0.4) is 0 Å². The number of aromatic nitrogens is 2. The first-order valence-electron chi connectivity index (χ1n) is 7.84. The molecule has 3 N–H and O–H groups in total. The van der Waals surface area contributed by atoms with Crippen LogP contribution in [0.1, 0.15) is 28.4 Å². The van der Waals surface area contributed by atoms with Gasteiger partial charge in [-0.25, -0.2) is 0 Å². The fraction of sp³-hybridized carbons (Fsp3) is 0.222. The number of H-pyrrole nitrogens is 2. The first-order chi connectivity index (χ1) is 11.6. The van der Waals surface area contributed by atoms with Crippen molar-refractivity contribution >= 4 is 28.4 Å². The van der Waals surface area contributed by atoms with Gasteiger partial charge in [-0.1, -0.05) is 24.6 Å². The number of fused-ring (bicyclic) bond motifs is 1. The SMILES string of the molecule is CCc1c[nH]c(=O)c(C(=O)NCCc2c[nH]c3cc(Cl)ccc23)c1. The molecule has 3 rings (SSSR count). The Morgan fingerprint density at radius 2 is 2.04 bits per heavy atom. The molecule has 6 heteroatoms. The predicted octanol–water partition coefficient (Wildman–Crippen LogP) is 3.04. The Hall–Kier alpha value is -2.53. The molecule has 1 aromatic carbocycles. The summed E-state index contributed by atoms with van der Waals surface area (Å²) >= 11 is 5.97. The van der Waals surface area contributed by atoms with Crippen LogP contribution >= 0.6 is 11.6 Å². The van der Waals surface area contributed by atoms with Gasteiger partial charge in [0.05, 0.1) is 0 Å². The number of carbonyl (C=O) groups excluding carboxylic acids is 1. The molecule has 0 spiro atoms. The zero-order chi connectivity index (χ0) is 17.1. The molecular formula is C18H18ClN3O2. The molecule has 0 saturated carbocycles. The number of carbonyl (C=O) groups is 1. The number of aromatic amines is 2. The van der Waals surface area contributed by atoms with E-state index in [1.54, 1.807) is 12.3 Å². The second-order valence-corrected chi connectivity index (χ2v) is 6.05. The van der Waals surface area contributed by atoms with Gasteiger partial charge in [-0.3, -0.25) is 9.59 Å². The normalized spacial score (nSPS) is 10.9. The maximum absolute atomic E-state index is 12.2. The summed E-state index contributed by atoms with van der Waals surface area (Å²) in [6.45, 7) is 2.42. The summed E-state index contributed by atoms with van der Waals surface area (Å²) in [6.07, 6.45) is 4.97. The fourth-order valence-electron chi connectivity index (χ4n) is 2.67. The van der Waals surface area contributed by atoms with E-state index in [-0.39, 0.29) is 17.0 Å². The van der Waals surface area contributed by atoms with Gasteiger partial charge in [0.2, 0.25) is 0 Å². The van der Waals surface area contributed by atoms with Crippen molar-refractivity contribution in [1.29, 1.82) is 0 Å². The first-order valence-corrected chi connectivity index (χ1v) is 8.21. The van der Waals surface area contributed by atoms with Gasteiger partial charge in [-0.05, 0) is 42.2 Å². The smallest absolute Gasteiger partial charge is 0.260 e. The van der Waals surface area contributed by atoms with E-state index in [2.05, 4.69) is 15.3 Å². The van der Waals surface area contributed by atoms with Crippen molar-refractivity contribution in [3.63, 3.8) is 0 Å². The number of hydrogen-bond donors (Lipinski definition) is 3. The maximum Gasteiger partial charge on any atom is 0.260 e. The topological polar surface area (TPSA) is 77.8 Å². The minimum absolute atomic E-state index is 0.153. The molecular weight excluding hydrogens is 326 g/mol. The third-order valence-electron chi connectivity index (χ3n) is 4.03. The lowest BCUT2D eigenvalue weighted by Gasteiger charge is -2.05. The number of rotatable bonds is 5. The van der Waals surface area contributed by atoms with Crippen LogP contribution in [0.15, 0.2) is 41.5 Å². The second kappa shape index (κ2) is 6.93. The molecule has 0 aliphatic carbocycles. The van der Waals surface area contributed by atoms with Gasteiger partial charge in [-0.15, -0.1) is 0 Å². The van der Waals surface area contributed by atoms with Crippen LogP contribution in [0.4, 0.5) is 0 Å². The maximum atomic E-state index is 12.2. The Bertz CT molecular complexity index is 943. The number of hydrogen-bond acceptors (Lipinski definition) is 2. The standard InChI is InChI=1S/C18H18ClN3O2/c1-2-11-7-15(18(24)22-9-11)17(23)20-6-5-12-10-21-16-8-13(19)3-4-14(12)16/h3-4,7-10,21H,2,5-6H2,1H3,(H,20,23)(H,22,24). The Morgan fingerprint density at radius 1 is 1.21 bits per heavy atom. The average molecular weight is 344 g/mol. The lowest BCUT2D eigenvalue weighted by atomic mass is 10.1. The van der Waals surface area contributed by atoms with Crippen molar-refractivity contribution in [1.82, 2.24) is 15.3 Å². The third-order valence-corrected chi connectivity index (χ3v) is 4.26. The molecule has 2 heterocycles. The van der Waals surface area contributed by atoms with Crippen LogP contribution in [0.2, 0.25) is 5.02 Å². The van der Waals surface area contributed by atoms with E-state index in [1.807, 2.05) is 31.3 Å². The van der Waals surface area contributed by atoms with Crippen molar-refractivity contribution in [3.05, 3.63) is 68.7 Å². The molecule has 0 fully saturated rings. The second-order valence-electron chi connectivity index (χ2n) is 5.61. The van der Waals surface area contributed by atoms with E-state index in [9.17, 15) is 9.59 Å². The van der Waals surface area contributed by atoms with Gasteiger partial charge in [0, 0.05) is 34.9 Å². The molecule has 124 valence electrons. The highest BCUT2D eigenvalue weighted by atomic mass is 35.5. The zero-order valence-electron chi connectivity index (χ0n) is 13.3. The molecule has 5 nitrogen and oxygen atoms in total. The van der Waals surface area contributed by atoms with E-state index in [1.165, 1.54) is 0 Å². The van der Waals surface area contributed by atoms with E-state index in [0.717, 1.165) is 28.5 Å². The van der Waals surface area contributed by atoms with Crippen LogP contribution < -0.4 is 10.9 Å². The number of pyridine rings is 1. The van der Waals surface area contributed by atoms with Gasteiger partial charge in [0.1, 0.15) is 5.56 Å². The summed E-state index contributed by atoms with van der Waals surface area (Å²) in [5.41, 5.74) is 2.77. The summed E-state index contributed by atoms with van der Waals surface area (Å²) in [6, 6.07) is 7.31. The Balaban J connectivity index is 1.67. The van der Waals surface area contributed by atoms with Crippen LogP contribution in [-0.4, -0.2) is 22.4 Å². The van der Waals surface area contributed by atoms with Gasteiger partial charge in [0.15, 0.2) is 0 Å². The number of amides is 1. The number of halogens is 1. The van der Waals surface area contributed by atoms with Crippen LogP contribution in [-0.2, 0) is 12.8 Å². The first kappa shape index (κ1) is 16.3. The van der Waals surface area contributed by atoms with E-state index in [4.69, 9.17) is 11.6 Å². The largest absolute Gasteiger partial charge is 0.361 e. The number of benzene rings is 1. The predicted molar refractivity (Wildman–Crippen MR) is 95.8 cm³/mol. The monoisotopic (exact) mass is 343 g/mol. The summed E-state index contributed by atoms with van der Waals surface area (Å²) in [4.78, 5) is 29.8. The summed E-state index contributed by atoms with van der Waals surface area (Å²) < 4.78 is 0. The lowest BCUT2D eigenvalue weighted by molar-refractivity contribution is 0.0952. The molecule has 0 unspecified atom stereocenters. The van der Waals surface area contributed by atoms with Crippen molar-refractivity contribution in [2.45, 2.75) is 19.8 Å². The molecule has 0 radical (unpaired) electrons. The fourth-order valence-corrected chi connectivity index (χ4v) is 2.84. The lowest BCUT2D eigenvalue weighted by Crippen LogP contribution is -2.31. The van der Waals surface area contributed by atoms with Crippen molar-refractivity contribution < 1.29 is 4.79 Å². The minimum atomic E-state index is -0.369. The van der Waals surface area contributed by atoms with Gasteiger partial charge < -0.3 is 15.3 Å². The Morgan fingerprint density at radius 3 is 2.83 bits per heavy atom. The Kier molecular flexibility index (Phi) is 4.71. The van der Waals surface area contributed by atoms with E-state index < -0.39 is 0 Å².